The summed E-state index contributed by atoms with van der Waals surface area (Å²) in [5.41, 5.74) is 2.96. The minimum Gasteiger partial charge on any atom is -0.484 e. The first-order chi connectivity index (χ1) is 18.9. The van der Waals surface area contributed by atoms with Gasteiger partial charge in [-0.25, -0.2) is 4.90 Å². The highest BCUT2D eigenvalue weighted by molar-refractivity contribution is 8.00. The van der Waals surface area contributed by atoms with Crippen LogP contribution >= 0.6 is 23.1 Å². The maximum absolute atomic E-state index is 13.8. The van der Waals surface area contributed by atoms with Crippen LogP contribution < -0.4 is 19.8 Å². The van der Waals surface area contributed by atoms with E-state index in [-0.39, 0.29) is 29.2 Å². The molecule has 0 bridgehead atoms. The van der Waals surface area contributed by atoms with Gasteiger partial charge in [-0.1, -0.05) is 71.1 Å². The van der Waals surface area contributed by atoms with E-state index < -0.39 is 17.1 Å². The summed E-state index contributed by atoms with van der Waals surface area (Å²) >= 11 is 2.29. The number of thioether (sulfide) groups is 1. The van der Waals surface area contributed by atoms with Gasteiger partial charge in [0.25, 0.3) is 5.91 Å². The number of anilines is 2. The highest BCUT2D eigenvalue weighted by atomic mass is 32.2. The van der Waals surface area contributed by atoms with Gasteiger partial charge < -0.3 is 15.0 Å². The highest BCUT2D eigenvalue weighted by Gasteiger charge is 2.56. The van der Waals surface area contributed by atoms with Crippen molar-refractivity contribution in [1.29, 1.82) is 0 Å². The molecule has 0 spiro atoms. The average Bonchev–Trinajstić information content (AvgIpc) is 3.43. The van der Waals surface area contributed by atoms with Crippen LogP contribution in [0.1, 0.15) is 21.9 Å². The molecule has 2 N–H and O–H groups in total. The number of amides is 3. The summed E-state index contributed by atoms with van der Waals surface area (Å²) in [6.07, 6.45) is 0. The molecule has 3 atom stereocenters. The van der Waals surface area contributed by atoms with Crippen molar-refractivity contribution >= 4 is 52.2 Å². The van der Waals surface area contributed by atoms with Crippen molar-refractivity contribution in [2.45, 2.75) is 23.1 Å². The number of thiazole rings is 1. The minimum absolute atomic E-state index is 0.202. The molecule has 0 aliphatic carbocycles. The van der Waals surface area contributed by atoms with E-state index in [1.807, 2.05) is 43.3 Å². The summed E-state index contributed by atoms with van der Waals surface area (Å²) in [4.78, 5) is 56.7. The van der Waals surface area contributed by atoms with Gasteiger partial charge in [-0.2, -0.15) is 0 Å². The van der Waals surface area contributed by atoms with E-state index >= 15 is 0 Å². The summed E-state index contributed by atoms with van der Waals surface area (Å²) in [5.74, 6) is -1.68. The van der Waals surface area contributed by atoms with Gasteiger partial charge in [0.1, 0.15) is 11.0 Å². The maximum atomic E-state index is 13.8. The van der Waals surface area contributed by atoms with Crippen molar-refractivity contribution in [2.75, 3.05) is 16.8 Å². The average molecular weight is 558 g/mol. The van der Waals surface area contributed by atoms with E-state index in [0.29, 0.717) is 22.2 Å². The van der Waals surface area contributed by atoms with Crippen LogP contribution in [0.15, 0.2) is 88.7 Å². The van der Waals surface area contributed by atoms with Crippen molar-refractivity contribution in [2.24, 2.45) is 5.92 Å². The van der Waals surface area contributed by atoms with E-state index in [0.717, 1.165) is 27.3 Å². The first-order valence-corrected chi connectivity index (χ1v) is 14.0. The lowest BCUT2D eigenvalue weighted by molar-refractivity contribution is -0.122. The number of ether oxygens (including phenoxy) is 1. The lowest BCUT2D eigenvalue weighted by Crippen LogP contribution is -2.32. The van der Waals surface area contributed by atoms with Crippen molar-refractivity contribution < 1.29 is 19.1 Å². The molecule has 3 amide bonds. The first-order valence-electron chi connectivity index (χ1n) is 12.3. The fourth-order valence-electron chi connectivity index (χ4n) is 4.99. The van der Waals surface area contributed by atoms with E-state index in [9.17, 15) is 19.2 Å². The number of para-hydroxylation sites is 1. The van der Waals surface area contributed by atoms with Crippen molar-refractivity contribution in [1.82, 2.24) is 4.98 Å². The number of benzene rings is 3. The van der Waals surface area contributed by atoms with Crippen LogP contribution in [0.3, 0.4) is 0 Å². The number of carbonyl (C=O) groups excluding carboxylic acids is 3. The molecule has 6 rings (SSSR count). The summed E-state index contributed by atoms with van der Waals surface area (Å²) in [5, 5.41) is 2.71. The molecule has 1 saturated heterocycles. The number of nitrogens with one attached hydrogen (secondary N) is 2. The van der Waals surface area contributed by atoms with Crippen LogP contribution in [0, 0.1) is 12.8 Å². The second-order valence-corrected chi connectivity index (χ2v) is 11.5. The Hall–Kier alpha value is -4.15. The molecule has 1 aromatic heterocycles. The van der Waals surface area contributed by atoms with Crippen LogP contribution in [0.4, 0.5) is 11.4 Å². The summed E-state index contributed by atoms with van der Waals surface area (Å²) < 4.78 is 5.78. The Labute approximate surface area is 232 Å². The normalized spacial score (nSPS) is 19.9. The molecule has 196 valence electrons. The molecule has 10 heteroatoms. The highest BCUT2D eigenvalue weighted by Crippen LogP contribution is 2.53. The number of imide groups is 1. The van der Waals surface area contributed by atoms with Crippen LogP contribution in [-0.4, -0.2) is 34.6 Å². The van der Waals surface area contributed by atoms with Gasteiger partial charge in [-0.05, 0) is 48.9 Å². The number of aryl methyl sites for hydroxylation is 1. The standard InChI is InChI=1S/C29H23N3O5S2/c1-16-10-12-19(13-11-16)32-27(34)23-22(24-26(31-29(36)39-24)38-25(23)28(32)35)17-6-5-9-20(14-17)37-15-21(33)30-18-7-3-2-4-8-18/h2-14,22-23,25H,15H2,1H3,(H,30,33)(H,31,36)/t22-,23-,25+/m0/s1. The Kier molecular flexibility index (Phi) is 6.58. The Balaban J connectivity index is 1.30. The zero-order chi connectivity index (χ0) is 27.1. The van der Waals surface area contributed by atoms with E-state index in [4.69, 9.17) is 4.74 Å². The van der Waals surface area contributed by atoms with Crippen molar-refractivity contribution in [3.8, 4) is 5.75 Å². The maximum Gasteiger partial charge on any atom is 0.305 e. The molecule has 4 aromatic rings. The predicted molar refractivity (Wildman–Crippen MR) is 151 cm³/mol. The van der Waals surface area contributed by atoms with Gasteiger partial charge in [-0.15, -0.1) is 0 Å². The number of nitrogens with zero attached hydrogens (tertiary/aromatic N) is 1. The number of H-pyrrole nitrogens is 1. The van der Waals surface area contributed by atoms with Gasteiger partial charge in [0, 0.05) is 16.5 Å². The van der Waals surface area contributed by atoms with Crippen LogP contribution in [0.5, 0.6) is 5.75 Å². The van der Waals surface area contributed by atoms with E-state index in [1.165, 1.54) is 16.7 Å². The number of fused-ring (bicyclic) bond motifs is 2. The summed E-state index contributed by atoms with van der Waals surface area (Å²) in [6, 6.07) is 23.5. The first kappa shape index (κ1) is 25.1. The van der Waals surface area contributed by atoms with Gasteiger partial charge in [-0.3, -0.25) is 19.2 Å². The van der Waals surface area contributed by atoms with Crippen molar-refractivity contribution in [3.05, 3.63) is 105 Å². The summed E-state index contributed by atoms with van der Waals surface area (Å²) in [7, 11) is 0. The SMILES string of the molecule is Cc1ccc(N2C(=O)[C@H]3[C@H](c4cccc(OCC(=O)Nc5ccccc5)c4)c4sc(=O)[nH]c4S[C@H]3C2=O)cc1. The van der Waals surface area contributed by atoms with Crippen LogP contribution in [0.2, 0.25) is 0 Å². The molecule has 1 fully saturated rings. The van der Waals surface area contributed by atoms with Gasteiger partial charge in [0.2, 0.25) is 11.8 Å². The second kappa shape index (κ2) is 10.2. The number of hydrogen-bond donors (Lipinski definition) is 2. The molecule has 2 aliphatic heterocycles. The number of rotatable bonds is 6. The fourth-order valence-corrected chi connectivity index (χ4v) is 7.50. The van der Waals surface area contributed by atoms with Gasteiger partial charge >= 0.3 is 4.87 Å². The molecular weight excluding hydrogens is 534 g/mol. The second-order valence-electron chi connectivity index (χ2n) is 9.37. The topological polar surface area (TPSA) is 109 Å². The van der Waals surface area contributed by atoms with Crippen LogP contribution in [-0.2, 0) is 14.4 Å². The third kappa shape index (κ3) is 4.77. The molecule has 0 radical (unpaired) electrons. The Morgan fingerprint density at radius 1 is 0.974 bits per heavy atom. The number of aromatic nitrogens is 1. The lowest BCUT2D eigenvalue weighted by atomic mass is 9.83. The Bertz CT molecular complexity index is 1630. The molecule has 2 aliphatic rings. The fraction of sp³-hybridized carbons (Fsp3) is 0.172. The number of hydrogen-bond acceptors (Lipinski definition) is 7. The van der Waals surface area contributed by atoms with Crippen molar-refractivity contribution in [3.63, 3.8) is 0 Å². The number of carbonyl (C=O) groups is 3. The zero-order valence-corrected chi connectivity index (χ0v) is 22.4. The van der Waals surface area contributed by atoms with Gasteiger partial charge in [0.05, 0.1) is 16.6 Å². The van der Waals surface area contributed by atoms with Gasteiger partial charge in [0.15, 0.2) is 6.61 Å². The lowest BCUT2D eigenvalue weighted by Gasteiger charge is -2.30. The largest absolute Gasteiger partial charge is 0.484 e. The molecule has 3 heterocycles. The number of aromatic amines is 1. The Morgan fingerprint density at radius 3 is 2.51 bits per heavy atom. The molecular formula is C29H23N3O5S2. The monoisotopic (exact) mass is 557 g/mol. The van der Waals surface area contributed by atoms with Crippen LogP contribution in [0.25, 0.3) is 0 Å². The predicted octanol–water partition coefficient (Wildman–Crippen LogP) is 4.56. The molecule has 8 nitrogen and oxygen atoms in total. The third-order valence-electron chi connectivity index (χ3n) is 6.76. The quantitative estimate of drug-likeness (QED) is 0.337. The summed E-state index contributed by atoms with van der Waals surface area (Å²) in [6.45, 7) is 1.74. The zero-order valence-electron chi connectivity index (χ0n) is 20.7. The smallest absolute Gasteiger partial charge is 0.305 e. The van der Waals surface area contributed by atoms with E-state index in [1.54, 1.807) is 42.5 Å². The molecule has 0 saturated carbocycles. The third-order valence-corrected chi connectivity index (χ3v) is 9.16. The van der Waals surface area contributed by atoms with E-state index in [2.05, 4.69) is 10.3 Å². The molecule has 0 unspecified atom stereocenters. The molecule has 39 heavy (non-hydrogen) atoms. The Morgan fingerprint density at radius 2 is 1.74 bits per heavy atom. The minimum atomic E-state index is -0.695. The molecule has 3 aromatic carbocycles.